The largest absolute Gasteiger partial charge is 0.308 e. The van der Waals surface area contributed by atoms with Crippen LogP contribution in [0.5, 0.6) is 0 Å². The van der Waals surface area contributed by atoms with Crippen molar-refractivity contribution >= 4 is 0 Å². The molecule has 0 radical (unpaired) electrons. The molecular formula is C10H18N4. The molecule has 4 heteroatoms. The summed E-state index contributed by atoms with van der Waals surface area (Å²) in [4.78, 5) is 4.15. The monoisotopic (exact) mass is 194 g/mol. The lowest BCUT2D eigenvalue weighted by atomic mass is 10.1. The van der Waals surface area contributed by atoms with Crippen molar-refractivity contribution in [1.82, 2.24) is 20.5 Å². The third kappa shape index (κ3) is 3.30. The third-order valence-electron chi connectivity index (χ3n) is 2.07. The fraction of sp³-hybridized carbons (Fsp3) is 0.600. The Hall–Kier alpha value is -1.16. The van der Waals surface area contributed by atoms with Crippen molar-refractivity contribution in [3.05, 3.63) is 24.3 Å². The molecule has 0 spiro atoms. The molecule has 0 bridgehead atoms. The van der Waals surface area contributed by atoms with Crippen molar-refractivity contribution in [2.24, 2.45) is 0 Å². The molecule has 0 aromatic carbocycles. The van der Waals surface area contributed by atoms with Crippen LogP contribution in [0.2, 0.25) is 0 Å². The number of nitrogens with zero attached hydrogens (tertiary/aromatic N) is 2. The predicted molar refractivity (Wildman–Crippen MR) is 56.8 cm³/mol. The molecule has 0 saturated carbocycles. The van der Waals surface area contributed by atoms with Crippen molar-refractivity contribution in [2.45, 2.75) is 32.7 Å². The van der Waals surface area contributed by atoms with E-state index in [1.807, 2.05) is 6.92 Å². The standard InChI is InChI=1S/C10H18N4/c1-4-11-9(6-5-8(2)3)10-12-7-13-14-10/h7,9,11H,2,4-6H2,1,3H3,(H,12,13,14). The van der Waals surface area contributed by atoms with E-state index in [9.17, 15) is 0 Å². The average Bonchev–Trinajstić information content (AvgIpc) is 2.64. The maximum atomic E-state index is 4.15. The van der Waals surface area contributed by atoms with E-state index in [2.05, 4.69) is 34.0 Å². The van der Waals surface area contributed by atoms with Gasteiger partial charge in [0.05, 0.1) is 6.04 Å². The first-order chi connectivity index (χ1) is 6.74. The average molecular weight is 194 g/mol. The lowest BCUT2D eigenvalue weighted by molar-refractivity contribution is 0.491. The molecule has 0 aliphatic rings. The van der Waals surface area contributed by atoms with Crippen LogP contribution in [0.4, 0.5) is 0 Å². The molecule has 14 heavy (non-hydrogen) atoms. The van der Waals surface area contributed by atoms with Crippen LogP contribution in [0, 0.1) is 0 Å². The van der Waals surface area contributed by atoms with Gasteiger partial charge in [-0.25, -0.2) is 4.98 Å². The van der Waals surface area contributed by atoms with Crippen LogP contribution >= 0.6 is 0 Å². The molecule has 1 heterocycles. The summed E-state index contributed by atoms with van der Waals surface area (Å²) in [6, 6.07) is 0.263. The van der Waals surface area contributed by atoms with Crippen LogP contribution in [-0.4, -0.2) is 21.7 Å². The van der Waals surface area contributed by atoms with E-state index >= 15 is 0 Å². The summed E-state index contributed by atoms with van der Waals surface area (Å²) in [5, 5.41) is 10.1. The van der Waals surface area contributed by atoms with E-state index in [0.29, 0.717) is 0 Å². The Balaban J connectivity index is 2.51. The van der Waals surface area contributed by atoms with Crippen molar-refractivity contribution in [3.8, 4) is 0 Å². The van der Waals surface area contributed by atoms with Gasteiger partial charge < -0.3 is 5.32 Å². The lowest BCUT2D eigenvalue weighted by Gasteiger charge is -2.14. The Bertz CT molecular complexity index is 266. The van der Waals surface area contributed by atoms with Crippen molar-refractivity contribution in [1.29, 1.82) is 0 Å². The first-order valence-electron chi connectivity index (χ1n) is 4.97. The number of hydrogen-bond acceptors (Lipinski definition) is 3. The Morgan fingerprint density at radius 1 is 1.71 bits per heavy atom. The number of nitrogens with one attached hydrogen (secondary N) is 2. The van der Waals surface area contributed by atoms with Crippen LogP contribution in [-0.2, 0) is 0 Å². The normalized spacial score (nSPS) is 12.7. The molecular weight excluding hydrogens is 176 g/mol. The van der Waals surface area contributed by atoms with E-state index in [1.165, 1.54) is 5.57 Å². The van der Waals surface area contributed by atoms with Crippen LogP contribution in [0.1, 0.15) is 38.6 Å². The lowest BCUT2D eigenvalue weighted by Crippen LogP contribution is -2.22. The van der Waals surface area contributed by atoms with E-state index in [1.54, 1.807) is 6.33 Å². The highest BCUT2D eigenvalue weighted by Gasteiger charge is 2.12. The van der Waals surface area contributed by atoms with E-state index < -0.39 is 0 Å². The van der Waals surface area contributed by atoms with Gasteiger partial charge in [-0.1, -0.05) is 12.5 Å². The molecule has 1 atom stereocenters. The van der Waals surface area contributed by atoms with Crippen molar-refractivity contribution in [2.75, 3.05) is 6.54 Å². The fourth-order valence-corrected chi connectivity index (χ4v) is 1.36. The molecule has 2 N–H and O–H groups in total. The van der Waals surface area contributed by atoms with Gasteiger partial charge in [-0.3, -0.25) is 5.10 Å². The van der Waals surface area contributed by atoms with Gasteiger partial charge in [0, 0.05) is 0 Å². The second kappa shape index (κ2) is 5.54. The molecule has 0 amide bonds. The molecule has 0 saturated heterocycles. The fourth-order valence-electron chi connectivity index (χ4n) is 1.36. The van der Waals surface area contributed by atoms with E-state index in [-0.39, 0.29) is 6.04 Å². The van der Waals surface area contributed by atoms with Gasteiger partial charge in [0.2, 0.25) is 0 Å². The molecule has 0 aliphatic heterocycles. The van der Waals surface area contributed by atoms with Gasteiger partial charge >= 0.3 is 0 Å². The molecule has 0 aliphatic carbocycles. The summed E-state index contributed by atoms with van der Waals surface area (Å²) in [6.45, 7) is 8.96. The maximum Gasteiger partial charge on any atom is 0.141 e. The molecule has 1 rings (SSSR count). The summed E-state index contributed by atoms with van der Waals surface area (Å²) in [5.74, 6) is 0.910. The predicted octanol–water partition coefficient (Wildman–Crippen LogP) is 1.81. The summed E-state index contributed by atoms with van der Waals surface area (Å²) in [6.07, 6.45) is 3.57. The van der Waals surface area contributed by atoms with Crippen LogP contribution < -0.4 is 5.32 Å². The van der Waals surface area contributed by atoms with E-state index in [0.717, 1.165) is 25.2 Å². The number of hydrogen-bond donors (Lipinski definition) is 2. The van der Waals surface area contributed by atoms with Crippen molar-refractivity contribution in [3.63, 3.8) is 0 Å². The summed E-state index contributed by atoms with van der Waals surface area (Å²) < 4.78 is 0. The minimum atomic E-state index is 0.263. The first kappa shape index (κ1) is 10.9. The highest BCUT2D eigenvalue weighted by atomic mass is 15.2. The molecule has 0 fully saturated rings. The van der Waals surface area contributed by atoms with Gasteiger partial charge in [-0.15, -0.1) is 6.58 Å². The van der Waals surface area contributed by atoms with Crippen LogP contribution in [0.3, 0.4) is 0 Å². The Morgan fingerprint density at radius 2 is 2.50 bits per heavy atom. The molecule has 1 unspecified atom stereocenters. The summed E-state index contributed by atoms with van der Waals surface area (Å²) >= 11 is 0. The number of rotatable bonds is 6. The SMILES string of the molecule is C=C(C)CCC(NCC)c1ncn[nH]1. The minimum absolute atomic E-state index is 0.263. The number of aromatic nitrogens is 3. The Labute approximate surface area is 84.8 Å². The smallest absolute Gasteiger partial charge is 0.141 e. The third-order valence-corrected chi connectivity index (χ3v) is 2.07. The highest BCUT2D eigenvalue weighted by molar-refractivity contribution is 4.95. The number of aromatic amines is 1. The van der Waals surface area contributed by atoms with Crippen LogP contribution in [0.15, 0.2) is 18.5 Å². The minimum Gasteiger partial charge on any atom is -0.308 e. The topological polar surface area (TPSA) is 53.6 Å². The zero-order chi connectivity index (χ0) is 10.4. The number of H-pyrrole nitrogens is 1. The second-order valence-electron chi connectivity index (χ2n) is 3.48. The summed E-state index contributed by atoms with van der Waals surface area (Å²) in [7, 11) is 0. The Morgan fingerprint density at radius 3 is 3.00 bits per heavy atom. The molecule has 4 nitrogen and oxygen atoms in total. The zero-order valence-corrected chi connectivity index (χ0v) is 8.88. The quantitative estimate of drug-likeness (QED) is 0.679. The second-order valence-corrected chi connectivity index (χ2v) is 3.48. The number of allylic oxidation sites excluding steroid dienone is 1. The van der Waals surface area contributed by atoms with Crippen molar-refractivity contribution < 1.29 is 0 Å². The molecule has 1 aromatic heterocycles. The van der Waals surface area contributed by atoms with E-state index in [4.69, 9.17) is 0 Å². The zero-order valence-electron chi connectivity index (χ0n) is 8.88. The maximum absolute atomic E-state index is 4.15. The van der Waals surface area contributed by atoms with Gasteiger partial charge in [0.25, 0.3) is 0 Å². The van der Waals surface area contributed by atoms with Crippen LogP contribution in [0.25, 0.3) is 0 Å². The summed E-state index contributed by atoms with van der Waals surface area (Å²) in [5.41, 5.74) is 1.20. The highest BCUT2D eigenvalue weighted by Crippen LogP contribution is 2.16. The van der Waals surface area contributed by atoms with Gasteiger partial charge in [-0.05, 0) is 26.3 Å². The Kier molecular flexibility index (Phi) is 4.32. The first-order valence-corrected chi connectivity index (χ1v) is 4.97. The molecule has 78 valence electrons. The van der Waals surface area contributed by atoms with Gasteiger partial charge in [-0.2, -0.15) is 5.10 Å². The van der Waals surface area contributed by atoms with Gasteiger partial charge in [0.15, 0.2) is 0 Å². The molecule has 1 aromatic rings. The van der Waals surface area contributed by atoms with Gasteiger partial charge in [0.1, 0.15) is 12.2 Å².